The predicted octanol–water partition coefficient (Wildman–Crippen LogP) is 3.11. The van der Waals surface area contributed by atoms with Gasteiger partial charge in [0.15, 0.2) is 0 Å². The quantitative estimate of drug-likeness (QED) is 0.800. The van der Waals surface area contributed by atoms with E-state index in [0.717, 1.165) is 28.4 Å². The SMILES string of the molecule is COc1ccc(C#Cc2cc(OC)cc(OC)c2)cc1. The largest absolute Gasteiger partial charge is 0.497 e. The van der Waals surface area contributed by atoms with Gasteiger partial charge in [0.25, 0.3) is 0 Å². The molecule has 0 bridgehead atoms. The van der Waals surface area contributed by atoms with E-state index in [2.05, 4.69) is 11.8 Å². The molecular weight excluding hydrogens is 252 g/mol. The van der Waals surface area contributed by atoms with Crippen LogP contribution >= 0.6 is 0 Å². The van der Waals surface area contributed by atoms with Crippen molar-refractivity contribution in [1.29, 1.82) is 0 Å². The molecule has 0 aromatic heterocycles. The lowest BCUT2D eigenvalue weighted by molar-refractivity contribution is 0.394. The van der Waals surface area contributed by atoms with Crippen LogP contribution in [0.1, 0.15) is 11.1 Å². The van der Waals surface area contributed by atoms with Gasteiger partial charge in [-0.2, -0.15) is 0 Å². The lowest BCUT2D eigenvalue weighted by Crippen LogP contribution is -1.88. The van der Waals surface area contributed by atoms with Crippen LogP contribution in [0.25, 0.3) is 0 Å². The van der Waals surface area contributed by atoms with Gasteiger partial charge in [-0.25, -0.2) is 0 Å². The monoisotopic (exact) mass is 268 g/mol. The van der Waals surface area contributed by atoms with Gasteiger partial charge >= 0.3 is 0 Å². The molecule has 0 aliphatic rings. The summed E-state index contributed by atoms with van der Waals surface area (Å²) in [4.78, 5) is 0. The summed E-state index contributed by atoms with van der Waals surface area (Å²) in [6.07, 6.45) is 0. The van der Waals surface area contributed by atoms with E-state index in [0.29, 0.717) is 0 Å². The van der Waals surface area contributed by atoms with Crippen molar-refractivity contribution < 1.29 is 14.2 Å². The van der Waals surface area contributed by atoms with Gasteiger partial charge in [-0.05, 0) is 36.4 Å². The van der Waals surface area contributed by atoms with Gasteiger partial charge in [0.1, 0.15) is 17.2 Å². The minimum absolute atomic E-state index is 0.725. The molecule has 0 unspecified atom stereocenters. The van der Waals surface area contributed by atoms with Crippen LogP contribution in [0.2, 0.25) is 0 Å². The zero-order chi connectivity index (χ0) is 14.4. The van der Waals surface area contributed by atoms with Crippen molar-refractivity contribution in [2.45, 2.75) is 0 Å². The molecule has 102 valence electrons. The maximum atomic E-state index is 5.22. The first-order valence-corrected chi connectivity index (χ1v) is 6.14. The highest BCUT2D eigenvalue weighted by Crippen LogP contribution is 2.22. The van der Waals surface area contributed by atoms with Crippen molar-refractivity contribution in [1.82, 2.24) is 0 Å². The molecule has 0 radical (unpaired) electrons. The topological polar surface area (TPSA) is 27.7 Å². The smallest absolute Gasteiger partial charge is 0.123 e. The number of rotatable bonds is 3. The molecule has 0 saturated heterocycles. The van der Waals surface area contributed by atoms with Gasteiger partial charge in [-0.1, -0.05) is 11.8 Å². The highest BCUT2D eigenvalue weighted by molar-refractivity contribution is 5.49. The zero-order valence-corrected chi connectivity index (χ0v) is 11.8. The maximum Gasteiger partial charge on any atom is 0.123 e. The Bertz CT molecular complexity index is 611. The lowest BCUT2D eigenvalue weighted by Gasteiger charge is -2.04. The molecule has 2 rings (SSSR count). The highest BCUT2D eigenvalue weighted by atomic mass is 16.5. The Labute approximate surface area is 119 Å². The molecule has 20 heavy (non-hydrogen) atoms. The fourth-order valence-electron chi connectivity index (χ4n) is 1.70. The summed E-state index contributed by atoms with van der Waals surface area (Å²) in [5.41, 5.74) is 1.77. The molecule has 0 saturated carbocycles. The molecule has 2 aromatic carbocycles. The summed E-state index contributed by atoms with van der Waals surface area (Å²) in [7, 11) is 4.88. The maximum absolute atomic E-state index is 5.22. The van der Waals surface area contributed by atoms with Crippen molar-refractivity contribution in [2.75, 3.05) is 21.3 Å². The first kappa shape index (κ1) is 13.8. The van der Waals surface area contributed by atoms with Gasteiger partial charge in [0, 0.05) is 17.2 Å². The molecule has 0 fully saturated rings. The molecule has 0 heterocycles. The molecular formula is C17H16O3. The second-order valence-corrected chi connectivity index (χ2v) is 4.08. The van der Waals surface area contributed by atoms with Crippen molar-refractivity contribution in [3.63, 3.8) is 0 Å². The number of benzene rings is 2. The Hall–Kier alpha value is -2.60. The Morgan fingerprint density at radius 1 is 0.600 bits per heavy atom. The Balaban J connectivity index is 2.26. The summed E-state index contributed by atoms with van der Waals surface area (Å²) in [5, 5.41) is 0. The third-order valence-electron chi connectivity index (χ3n) is 2.79. The van der Waals surface area contributed by atoms with Crippen molar-refractivity contribution in [3.8, 4) is 29.1 Å². The number of hydrogen-bond acceptors (Lipinski definition) is 3. The van der Waals surface area contributed by atoms with Crippen LogP contribution in [0.5, 0.6) is 17.2 Å². The predicted molar refractivity (Wildman–Crippen MR) is 78.5 cm³/mol. The van der Waals surface area contributed by atoms with E-state index < -0.39 is 0 Å². The van der Waals surface area contributed by atoms with Crippen LogP contribution in [0.3, 0.4) is 0 Å². The first-order chi connectivity index (χ1) is 9.75. The standard InChI is InChI=1S/C17H16O3/c1-18-15-8-6-13(7-9-15)4-5-14-10-16(19-2)12-17(11-14)20-3/h6-12H,1-3H3. The third kappa shape index (κ3) is 3.46. The van der Waals surface area contributed by atoms with Gasteiger partial charge in [0.05, 0.1) is 21.3 Å². The molecule has 3 nitrogen and oxygen atoms in total. The van der Waals surface area contributed by atoms with Gasteiger partial charge < -0.3 is 14.2 Å². The second-order valence-electron chi connectivity index (χ2n) is 4.08. The summed E-state index contributed by atoms with van der Waals surface area (Å²) < 4.78 is 15.5. The van der Waals surface area contributed by atoms with E-state index in [4.69, 9.17) is 14.2 Å². The Morgan fingerprint density at radius 3 is 1.60 bits per heavy atom. The summed E-state index contributed by atoms with van der Waals surface area (Å²) in [6, 6.07) is 13.2. The number of hydrogen-bond donors (Lipinski definition) is 0. The molecule has 2 aromatic rings. The summed E-state index contributed by atoms with van der Waals surface area (Å²) >= 11 is 0. The minimum Gasteiger partial charge on any atom is -0.497 e. The molecule has 0 aliphatic heterocycles. The van der Waals surface area contributed by atoms with E-state index in [1.807, 2.05) is 42.5 Å². The Kier molecular flexibility index (Phi) is 4.52. The molecule has 0 N–H and O–H groups in total. The molecule has 0 amide bonds. The molecule has 0 spiro atoms. The first-order valence-electron chi connectivity index (χ1n) is 6.14. The summed E-state index contributed by atoms with van der Waals surface area (Å²) in [6.45, 7) is 0. The van der Waals surface area contributed by atoms with E-state index in [9.17, 15) is 0 Å². The van der Waals surface area contributed by atoms with Crippen molar-refractivity contribution in [2.24, 2.45) is 0 Å². The van der Waals surface area contributed by atoms with Crippen LogP contribution in [-0.4, -0.2) is 21.3 Å². The van der Waals surface area contributed by atoms with Gasteiger partial charge in [-0.3, -0.25) is 0 Å². The fourth-order valence-corrected chi connectivity index (χ4v) is 1.70. The number of methoxy groups -OCH3 is 3. The van der Waals surface area contributed by atoms with Gasteiger partial charge in [-0.15, -0.1) is 0 Å². The van der Waals surface area contributed by atoms with Crippen LogP contribution in [0.4, 0.5) is 0 Å². The Morgan fingerprint density at radius 2 is 1.10 bits per heavy atom. The van der Waals surface area contributed by atoms with Crippen molar-refractivity contribution >= 4 is 0 Å². The van der Waals surface area contributed by atoms with Crippen LogP contribution in [-0.2, 0) is 0 Å². The van der Waals surface area contributed by atoms with Crippen LogP contribution < -0.4 is 14.2 Å². The second kappa shape index (κ2) is 6.53. The molecule has 0 atom stereocenters. The number of ether oxygens (including phenoxy) is 3. The molecule has 0 aliphatic carbocycles. The lowest BCUT2D eigenvalue weighted by atomic mass is 10.1. The van der Waals surface area contributed by atoms with E-state index in [1.54, 1.807) is 21.3 Å². The van der Waals surface area contributed by atoms with Gasteiger partial charge in [0.2, 0.25) is 0 Å². The summed E-state index contributed by atoms with van der Waals surface area (Å²) in [5.74, 6) is 8.46. The van der Waals surface area contributed by atoms with Crippen LogP contribution in [0.15, 0.2) is 42.5 Å². The highest BCUT2D eigenvalue weighted by Gasteiger charge is 1.99. The third-order valence-corrected chi connectivity index (χ3v) is 2.79. The van der Waals surface area contributed by atoms with E-state index in [1.165, 1.54) is 0 Å². The van der Waals surface area contributed by atoms with E-state index >= 15 is 0 Å². The zero-order valence-electron chi connectivity index (χ0n) is 11.8. The average Bonchev–Trinajstić information content (AvgIpc) is 2.53. The fraction of sp³-hybridized carbons (Fsp3) is 0.176. The average molecular weight is 268 g/mol. The minimum atomic E-state index is 0.725. The van der Waals surface area contributed by atoms with Crippen LogP contribution in [0, 0.1) is 11.8 Å². The normalized spacial score (nSPS) is 9.35. The van der Waals surface area contributed by atoms with E-state index in [-0.39, 0.29) is 0 Å². The molecule has 3 heteroatoms. The van der Waals surface area contributed by atoms with Crippen molar-refractivity contribution in [3.05, 3.63) is 53.6 Å².